The number of hydrogen-bond donors (Lipinski definition) is 3. The quantitative estimate of drug-likeness (QED) is 0.298. The Balaban J connectivity index is 1.44. The van der Waals surface area contributed by atoms with Crippen molar-refractivity contribution in [3.63, 3.8) is 0 Å². The van der Waals surface area contributed by atoms with E-state index < -0.39 is 22.9 Å². The molecule has 0 saturated carbocycles. The average molecular weight is 517 g/mol. The van der Waals surface area contributed by atoms with E-state index in [1.165, 1.54) is 23.1 Å². The van der Waals surface area contributed by atoms with Crippen molar-refractivity contribution < 1.29 is 19.0 Å². The van der Waals surface area contributed by atoms with Gasteiger partial charge in [-0.1, -0.05) is 18.2 Å². The van der Waals surface area contributed by atoms with Crippen molar-refractivity contribution in [2.45, 2.75) is 32.9 Å². The molecule has 0 atom stereocenters. The van der Waals surface area contributed by atoms with Crippen LogP contribution < -0.4 is 15.6 Å². The highest BCUT2D eigenvalue weighted by atomic mass is 19.1. The van der Waals surface area contributed by atoms with Gasteiger partial charge in [-0.2, -0.15) is 0 Å². The van der Waals surface area contributed by atoms with Crippen LogP contribution in [0.4, 0.5) is 10.1 Å². The molecular weight excluding hydrogens is 491 g/mol. The molecule has 2 aromatic carbocycles. The molecule has 0 aliphatic carbocycles. The Bertz CT molecular complexity index is 1700. The van der Waals surface area contributed by atoms with E-state index >= 15 is 0 Å². The van der Waals surface area contributed by atoms with E-state index in [1.807, 2.05) is 6.07 Å². The lowest BCUT2D eigenvalue weighted by Crippen LogP contribution is -2.32. The fourth-order valence-electron chi connectivity index (χ4n) is 4.18. The lowest BCUT2D eigenvalue weighted by molar-refractivity contribution is 0.0546. The van der Waals surface area contributed by atoms with Crippen LogP contribution in [0, 0.1) is 12.7 Å². The van der Waals surface area contributed by atoms with E-state index in [1.54, 1.807) is 62.0 Å². The number of aromatic nitrogens is 5. The van der Waals surface area contributed by atoms with Crippen LogP contribution in [0.1, 0.15) is 29.9 Å². The first-order chi connectivity index (χ1) is 18.1. The number of aromatic amines is 1. The molecule has 0 spiro atoms. The number of ether oxygens (including phenoxy) is 1. The maximum absolute atomic E-state index is 14.9. The number of aliphatic hydroxyl groups is 1. The largest absolute Gasteiger partial charge is 0.435 e. The first kappa shape index (κ1) is 24.9. The van der Waals surface area contributed by atoms with Crippen molar-refractivity contribution in [2.75, 3.05) is 5.32 Å². The molecule has 10 nitrogen and oxygen atoms in total. The van der Waals surface area contributed by atoms with Gasteiger partial charge in [0.25, 0.3) is 11.5 Å². The standard InChI is InChI=1S/C27H25FN6O4/c1-16-22(26(36)34(18-7-5-4-6-8-18)33(16)14-27(2,3)37)24(35)32-17-9-10-21(20(28)13-17)38-25-19-11-12-29-23(19)30-15-31-25/h4-13,15,37H,14H2,1-3H3,(H,32,35)(H,29,30,31). The molecule has 5 aromatic rings. The highest BCUT2D eigenvalue weighted by molar-refractivity contribution is 6.05. The van der Waals surface area contributed by atoms with Crippen LogP contribution >= 0.6 is 0 Å². The van der Waals surface area contributed by atoms with Gasteiger partial charge in [-0.05, 0) is 51.1 Å². The van der Waals surface area contributed by atoms with E-state index in [0.29, 0.717) is 22.4 Å². The smallest absolute Gasteiger partial charge is 0.284 e. The first-order valence-electron chi connectivity index (χ1n) is 11.8. The topological polar surface area (TPSA) is 127 Å². The Labute approximate surface area is 216 Å². The molecule has 5 rings (SSSR count). The zero-order valence-electron chi connectivity index (χ0n) is 20.9. The summed E-state index contributed by atoms with van der Waals surface area (Å²) in [7, 11) is 0. The SMILES string of the molecule is Cc1c(C(=O)Nc2ccc(Oc3ncnc4[nH]ccc34)c(F)c2)c(=O)n(-c2ccccc2)n1CC(C)(C)O. The minimum absolute atomic E-state index is 0.0639. The van der Waals surface area contributed by atoms with Crippen molar-refractivity contribution in [3.05, 3.63) is 94.5 Å². The normalized spacial score (nSPS) is 11.6. The summed E-state index contributed by atoms with van der Waals surface area (Å²) in [6.07, 6.45) is 2.97. The van der Waals surface area contributed by atoms with Crippen LogP contribution in [0.2, 0.25) is 0 Å². The Hall–Kier alpha value is -4.77. The van der Waals surface area contributed by atoms with Crippen molar-refractivity contribution in [3.8, 4) is 17.3 Å². The summed E-state index contributed by atoms with van der Waals surface area (Å²) in [6.45, 7) is 4.92. The minimum Gasteiger partial charge on any atom is -0.435 e. The predicted molar refractivity (Wildman–Crippen MR) is 139 cm³/mol. The third kappa shape index (κ3) is 4.78. The Morgan fingerprint density at radius 1 is 1.16 bits per heavy atom. The van der Waals surface area contributed by atoms with Crippen LogP contribution in [0.3, 0.4) is 0 Å². The van der Waals surface area contributed by atoms with Gasteiger partial charge in [0.05, 0.1) is 28.9 Å². The van der Waals surface area contributed by atoms with E-state index in [-0.39, 0.29) is 29.4 Å². The first-order valence-corrected chi connectivity index (χ1v) is 11.8. The molecular formula is C27H25FN6O4. The van der Waals surface area contributed by atoms with Crippen LogP contribution in [-0.4, -0.2) is 40.9 Å². The summed E-state index contributed by atoms with van der Waals surface area (Å²) in [5.41, 5.74) is -0.252. The van der Waals surface area contributed by atoms with Crippen LogP contribution in [0.15, 0.2) is 71.9 Å². The highest BCUT2D eigenvalue weighted by Crippen LogP contribution is 2.29. The Morgan fingerprint density at radius 3 is 2.63 bits per heavy atom. The molecule has 38 heavy (non-hydrogen) atoms. The number of para-hydroxylation sites is 1. The summed E-state index contributed by atoms with van der Waals surface area (Å²) in [6, 6.07) is 14.5. The number of carbonyl (C=O) groups is 1. The number of hydrogen-bond acceptors (Lipinski definition) is 6. The fraction of sp³-hybridized carbons (Fsp3) is 0.185. The molecule has 1 amide bonds. The van der Waals surface area contributed by atoms with Gasteiger partial charge in [-0.3, -0.25) is 14.3 Å². The number of amides is 1. The fourth-order valence-corrected chi connectivity index (χ4v) is 4.18. The van der Waals surface area contributed by atoms with Gasteiger partial charge >= 0.3 is 0 Å². The molecule has 0 bridgehead atoms. The molecule has 0 fully saturated rings. The third-order valence-electron chi connectivity index (χ3n) is 5.87. The molecule has 0 aliphatic rings. The van der Waals surface area contributed by atoms with E-state index in [4.69, 9.17) is 4.74 Å². The second-order valence-electron chi connectivity index (χ2n) is 9.40. The van der Waals surface area contributed by atoms with E-state index in [9.17, 15) is 19.1 Å². The van der Waals surface area contributed by atoms with Gasteiger partial charge in [0, 0.05) is 18.0 Å². The average Bonchev–Trinajstić information content (AvgIpc) is 3.43. The zero-order chi connectivity index (χ0) is 27.0. The molecule has 3 heterocycles. The number of rotatable bonds is 7. The second-order valence-corrected chi connectivity index (χ2v) is 9.40. The van der Waals surface area contributed by atoms with Gasteiger partial charge in [-0.25, -0.2) is 19.0 Å². The Morgan fingerprint density at radius 2 is 1.92 bits per heavy atom. The molecule has 0 unspecified atom stereocenters. The van der Waals surface area contributed by atoms with Crippen LogP contribution in [0.25, 0.3) is 16.7 Å². The maximum Gasteiger partial charge on any atom is 0.284 e. The van der Waals surface area contributed by atoms with Crippen LogP contribution in [0.5, 0.6) is 11.6 Å². The maximum atomic E-state index is 14.9. The van der Waals surface area contributed by atoms with Gasteiger partial charge in [0.2, 0.25) is 5.88 Å². The minimum atomic E-state index is -1.16. The number of benzene rings is 2. The molecule has 194 valence electrons. The number of anilines is 1. The van der Waals surface area contributed by atoms with Crippen molar-refractivity contribution in [1.29, 1.82) is 0 Å². The lowest BCUT2D eigenvalue weighted by Gasteiger charge is -2.22. The molecule has 0 aliphatic heterocycles. The number of H-pyrrole nitrogens is 1. The van der Waals surface area contributed by atoms with E-state index in [0.717, 1.165) is 6.07 Å². The summed E-state index contributed by atoms with van der Waals surface area (Å²) >= 11 is 0. The van der Waals surface area contributed by atoms with Gasteiger partial charge in [-0.15, -0.1) is 0 Å². The van der Waals surface area contributed by atoms with Gasteiger partial charge in [0.1, 0.15) is 17.5 Å². The molecule has 3 aromatic heterocycles. The predicted octanol–water partition coefficient (Wildman–Crippen LogP) is 4.17. The van der Waals surface area contributed by atoms with E-state index in [2.05, 4.69) is 20.3 Å². The number of carbonyl (C=O) groups excluding carboxylic acids is 1. The number of halogens is 1. The van der Waals surface area contributed by atoms with Crippen molar-refractivity contribution in [1.82, 2.24) is 24.3 Å². The molecule has 3 N–H and O–H groups in total. The summed E-state index contributed by atoms with van der Waals surface area (Å²) in [5.74, 6) is -1.35. The molecule has 0 radical (unpaired) electrons. The number of fused-ring (bicyclic) bond motifs is 1. The number of nitrogens with zero attached hydrogens (tertiary/aromatic N) is 4. The van der Waals surface area contributed by atoms with Gasteiger partial charge in [0.15, 0.2) is 11.6 Å². The lowest BCUT2D eigenvalue weighted by atomic mass is 10.1. The highest BCUT2D eigenvalue weighted by Gasteiger charge is 2.27. The monoisotopic (exact) mass is 516 g/mol. The van der Waals surface area contributed by atoms with Crippen molar-refractivity contribution in [2.24, 2.45) is 0 Å². The van der Waals surface area contributed by atoms with Crippen LogP contribution in [-0.2, 0) is 6.54 Å². The molecule has 0 saturated heterocycles. The number of nitrogens with one attached hydrogen (secondary N) is 2. The summed E-state index contributed by atoms with van der Waals surface area (Å²) in [5, 5.41) is 13.6. The molecule has 11 heteroatoms. The van der Waals surface area contributed by atoms with Crippen molar-refractivity contribution >= 4 is 22.6 Å². The summed E-state index contributed by atoms with van der Waals surface area (Å²) in [4.78, 5) is 37.7. The second kappa shape index (κ2) is 9.60. The zero-order valence-corrected chi connectivity index (χ0v) is 20.9. The van der Waals surface area contributed by atoms with Gasteiger partial charge < -0.3 is 20.1 Å². The third-order valence-corrected chi connectivity index (χ3v) is 5.87. The Kier molecular flexibility index (Phi) is 6.29. The summed E-state index contributed by atoms with van der Waals surface area (Å²) < 4.78 is 23.5.